The van der Waals surface area contributed by atoms with Gasteiger partial charge in [0.15, 0.2) is 0 Å². The van der Waals surface area contributed by atoms with Crippen molar-refractivity contribution in [3.8, 4) is 0 Å². The van der Waals surface area contributed by atoms with Crippen LogP contribution in [0.1, 0.15) is 18.9 Å². The quantitative estimate of drug-likeness (QED) is 0.645. The number of carbonyl (C=O) groups excluding carboxylic acids is 3. The Labute approximate surface area is 148 Å². The molecule has 1 fully saturated rings. The molecule has 1 aliphatic rings. The van der Waals surface area contributed by atoms with Crippen molar-refractivity contribution in [1.29, 1.82) is 0 Å². The molecule has 3 atom stereocenters. The van der Waals surface area contributed by atoms with E-state index in [4.69, 9.17) is 5.73 Å². The van der Waals surface area contributed by atoms with Gasteiger partial charge in [0.25, 0.3) is 0 Å². The first kappa shape index (κ1) is 18.4. The summed E-state index contributed by atoms with van der Waals surface area (Å²) < 4.78 is 0.812. The molecule has 2 rings (SSSR count). The third kappa shape index (κ3) is 4.33. The van der Waals surface area contributed by atoms with Crippen LogP contribution < -0.4 is 11.1 Å². The molecular formula is C16H20BrN3O4. The highest BCUT2D eigenvalue weighted by Gasteiger charge is 2.38. The molecule has 4 N–H and O–H groups in total. The number of carbonyl (C=O) groups is 3. The van der Waals surface area contributed by atoms with E-state index < -0.39 is 30.0 Å². The maximum absolute atomic E-state index is 12.5. The molecular weight excluding hydrogens is 378 g/mol. The van der Waals surface area contributed by atoms with Crippen molar-refractivity contribution in [2.45, 2.75) is 38.0 Å². The summed E-state index contributed by atoms with van der Waals surface area (Å²) in [5, 5.41) is 12.3. The van der Waals surface area contributed by atoms with Crippen molar-refractivity contribution in [2.24, 2.45) is 5.73 Å². The van der Waals surface area contributed by atoms with Gasteiger partial charge in [-0.2, -0.15) is 0 Å². The lowest BCUT2D eigenvalue weighted by atomic mass is 10.0. The van der Waals surface area contributed by atoms with Gasteiger partial charge in [-0.3, -0.25) is 14.4 Å². The van der Waals surface area contributed by atoms with Crippen LogP contribution in [0.25, 0.3) is 0 Å². The number of halogens is 1. The number of nitrogens with two attached hydrogens (primary N) is 1. The number of nitrogens with zero attached hydrogens (tertiary/aromatic N) is 1. The highest BCUT2D eigenvalue weighted by molar-refractivity contribution is 9.10. The standard InChI is InChI=1S/C16H20BrN3O4/c1-9(21)20-8-11(22)7-14(20)16(24)19-13(15(18)23)6-10-4-2-3-5-12(10)17/h2-5,11,13-14,22H,6-8H2,1H3,(H2,18,23)(H,19,24)/t11-,13-,14+/m1/s1. The minimum absolute atomic E-state index is 0.110. The highest BCUT2D eigenvalue weighted by Crippen LogP contribution is 2.20. The monoisotopic (exact) mass is 397 g/mol. The number of rotatable bonds is 5. The van der Waals surface area contributed by atoms with E-state index in [1.54, 1.807) is 0 Å². The van der Waals surface area contributed by atoms with Gasteiger partial charge in [0.05, 0.1) is 6.10 Å². The van der Waals surface area contributed by atoms with Crippen LogP contribution in [0.15, 0.2) is 28.7 Å². The molecule has 0 bridgehead atoms. The molecule has 1 saturated heterocycles. The normalized spacial score (nSPS) is 21.4. The number of likely N-dealkylation sites (tertiary alicyclic amines) is 1. The Balaban J connectivity index is 2.10. The molecule has 1 heterocycles. The summed E-state index contributed by atoms with van der Waals surface area (Å²) in [4.78, 5) is 37.1. The Kier molecular flexibility index (Phi) is 5.95. The zero-order valence-corrected chi connectivity index (χ0v) is 14.8. The van der Waals surface area contributed by atoms with Gasteiger partial charge in [0.2, 0.25) is 17.7 Å². The molecule has 3 amide bonds. The fourth-order valence-electron chi connectivity index (χ4n) is 2.78. The molecule has 1 aromatic carbocycles. The molecule has 0 saturated carbocycles. The Morgan fingerprint density at radius 2 is 2.08 bits per heavy atom. The van der Waals surface area contributed by atoms with E-state index >= 15 is 0 Å². The first-order valence-electron chi connectivity index (χ1n) is 7.58. The number of hydrogen-bond acceptors (Lipinski definition) is 4. The Hall–Kier alpha value is -1.93. The summed E-state index contributed by atoms with van der Waals surface area (Å²) in [5.41, 5.74) is 6.23. The number of benzene rings is 1. The number of aliphatic hydroxyl groups excluding tert-OH is 1. The number of primary amides is 1. The molecule has 1 aromatic rings. The van der Waals surface area contributed by atoms with Gasteiger partial charge in [0.1, 0.15) is 12.1 Å². The fraction of sp³-hybridized carbons (Fsp3) is 0.438. The summed E-state index contributed by atoms with van der Waals surface area (Å²) >= 11 is 3.39. The van der Waals surface area contributed by atoms with Gasteiger partial charge >= 0.3 is 0 Å². The zero-order chi connectivity index (χ0) is 17.9. The second-order valence-electron chi connectivity index (χ2n) is 5.84. The van der Waals surface area contributed by atoms with Crippen molar-refractivity contribution >= 4 is 33.7 Å². The predicted octanol–water partition coefficient (Wildman–Crippen LogP) is -0.0566. The molecule has 130 valence electrons. The van der Waals surface area contributed by atoms with Crippen molar-refractivity contribution in [1.82, 2.24) is 10.2 Å². The average molecular weight is 398 g/mol. The molecule has 8 heteroatoms. The fourth-order valence-corrected chi connectivity index (χ4v) is 3.23. The summed E-state index contributed by atoms with van der Waals surface area (Å²) in [7, 11) is 0. The van der Waals surface area contributed by atoms with Crippen molar-refractivity contribution in [2.75, 3.05) is 6.54 Å². The minimum Gasteiger partial charge on any atom is -0.391 e. The van der Waals surface area contributed by atoms with Crippen LogP contribution in [0.2, 0.25) is 0 Å². The molecule has 0 aromatic heterocycles. The van der Waals surface area contributed by atoms with Crippen LogP contribution in [-0.4, -0.2) is 52.5 Å². The Morgan fingerprint density at radius 3 is 2.67 bits per heavy atom. The van der Waals surface area contributed by atoms with Gasteiger partial charge < -0.3 is 21.1 Å². The first-order valence-corrected chi connectivity index (χ1v) is 8.37. The number of β-amino-alcohol motifs (C(OH)–C–C–N with tert-alkyl or cyclic N) is 1. The van der Waals surface area contributed by atoms with E-state index in [2.05, 4.69) is 21.2 Å². The molecule has 0 aliphatic carbocycles. The third-order valence-electron chi connectivity index (χ3n) is 4.03. The van der Waals surface area contributed by atoms with Gasteiger partial charge in [-0.1, -0.05) is 34.1 Å². The van der Waals surface area contributed by atoms with Crippen molar-refractivity contribution < 1.29 is 19.5 Å². The maximum Gasteiger partial charge on any atom is 0.243 e. The first-order chi connectivity index (χ1) is 11.3. The predicted molar refractivity (Wildman–Crippen MR) is 90.8 cm³/mol. The highest BCUT2D eigenvalue weighted by atomic mass is 79.9. The lowest BCUT2D eigenvalue weighted by Crippen LogP contribution is -2.52. The van der Waals surface area contributed by atoms with Crippen LogP contribution in [0, 0.1) is 0 Å². The molecule has 0 radical (unpaired) electrons. The lowest BCUT2D eigenvalue weighted by molar-refractivity contribution is -0.138. The number of aliphatic hydroxyl groups is 1. The molecule has 0 spiro atoms. The molecule has 0 unspecified atom stereocenters. The van der Waals surface area contributed by atoms with Crippen LogP contribution in [0.5, 0.6) is 0 Å². The summed E-state index contributed by atoms with van der Waals surface area (Å²) in [6.07, 6.45) is -0.371. The number of amides is 3. The van der Waals surface area contributed by atoms with Crippen LogP contribution in [-0.2, 0) is 20.8 Å². The molecule has 1 aliphatic heterocycles. The van der Waals surface area contributed by atoms with Gasteiger partial charge in [-0.25, -0.2) is 0 Å². The molecule has 24 heavy (non-hydrogen) atoms. The van der Waals surface area contributed by atoms with Crippen LogP contribution >= 0.6 is 15.9 Å². The third-order valence-corrected chi connectivity index (χ3v) is 4.80. The lowest BCUT2D eigenvalue weighted by Gasteiger charge is -2.24. The smallest absolute Gasteiger partial charge is 0.243 e. The van der Waals surface area contributed by atoms with E-state index in [1.807, 2.05) is 24.3 Å². The van der Waals surface area contributed by atoms with Gasteiger partial charge in [-0.15, -0.1) is 0 Å². The average Bonchev–Trinajstić information content (AvgIpc) is 2.91. The van der Waals surface area contributed by atoms with Crippen molar-refractivity contribution in [3.05, 3.63) is 34.3 Å². The Morgan fingerprint density at radius 1 is 1.42 bits per heavy atom. The van der Waals surface area contributed by atoms with Crippen LogP contribution in [0.3, 0.4) is 0 Å². The zero-order valence-electron chi connectivity index (χ0n) is 13.2. The topological polar surface area (TPSA) is 113 Å². The minimum atomic E-state index is -0.900. The summed E-state index contributed by atoms with van der Waals surface area (Å²) in [5.74, 6) is -1.45. The number of hydrogen-bond donors (Lipinski definition) is 3. The molecule has 7 nitrogen and oxygen atoms in total. The Bertz CT molecular complexity index is 652. The summed E-state index contributed by atoms with van der Waals surface area (Å²) in [6, 6.07) is 5.63. The van der Waals surface area contributed by atoms with E-state index in [9.17, 15) is 19.5 Å². The SMILES string of the molecule is CC(=O)N1C[C@H](O)C[C@H]1C(=O)N[C@H](Cc1ccccc1Br)C(N)=O. The van der Waals surface area contributed by atoms with E-state index in [0.29, 0.717) is 0 Å². The van der Waals surface area contributed by atoms with Gasteiger partial charge in [-0.05, 0) is 11.6 Å². The van der Waals surface area contributed by atoms with E-state index in [1.165, 1.54) is 11.8 Å². The van der Waals surface area contributed by atoms with Crippen LogP contribution in [0.4, 0.5) is 0 Å². The van der Waals surface area contributed by atoms with E-state index in [0.717, 1.165) is 10.0 Å². The maximum atomic E-state index is 12.5. The second kappa shape index (κ2) is 7.76. The van der Waals surface area contributed by atoms with E-state index in [-0.39, 0.29) is 25.3 Å². The second-order valence-corrected chi connectivity index (χ2v) is 6.69. The number of nitrogens with one attached hydrogen (secondary N) is 1. The largest absolute Gasteiger partial charge is 0.391 e. The summed E-state index contributed by atoms with van der Waals surface area (Å²) in [6.45, 7) is 1.45. The van der Waals surface area contributed by atoms with Crippen molar-refractivity contribution in [3.63, 3.8) is 0 Å². The van der Waals surface area contributed by atoms with Gasteiger partial charge in [0, 0.05) is 30.8 Å².